The van der Waals surface area contributed by atoms with E-state index >= 15 is 0 Å². The predicted octanol–water partition coefficient (Wildman–Crippen LogP) is 0.495. The lowest BCUT2D eigenvalue weighted by Crippen LogP contribution is -2.51. The van der Waals surface area contributed by atoms with Crippen molar-refractivity contribution in [3.8, 4) is 0 Å². The minimum Gasteiger partial charge on any atom is -0.379 e. The molecule has 1 fully saturated rings. The lowest BCUT2D eigenvalue weighted by molar-refractivity contribution is -0.121. The van der Waals surface area contributed by atoms with Crippen molar-refractivity contribution in [2.24, 2.45) is 11.5 Å². The first-order chi connectivity index (χ1) is 8.92. The van der Waals surface area contributed by atoms with Gasteiger partial charge in [0.2, 0.25) is 11.8 Å². The molecule has 1 aromatic carbocycles. The second-order valence-electron chi connectivity index (χ2n) is 4.47. The highest BCUT2D eigenvalue weighted by molar-refractivity contribution is 6.34. The number of hydrogen-bond donors (Lipinski definition) is 3. The van der Waals surface area contributed by atoms with Crippen LogP contribution in [-0.4, -0.2) is 30.6 Å². The predicted molar refractivity (Wildman–Crippen MR) is 71.0 cm³/mol. The fraction of sp³-hybridized carbons (Fsp3) is 0.333. The Hall–Kier alpha value is -1.63. The SMILES string of the molecule is NC(=O)c1ccc(Cl)c(NC(=O)C2(N)CCOC2)c1. The minimum absolute atomic E-state index is 0.159. The first-order valence-electron chi connectivity index (χ1n) is 5.70. The van der Waals surface area contributed by atoms with Crippen molar-refractivity contribution >= 4 is 29.1 Å². The van der Waals surface area contributed by atoms with Gasteiger partial charge in [0.25, 0.3) is 0 Å². The smallest absolute Gasteiger partial charge is 0.248 e. The number of halogens is 1. The zero-order chi connectivity index (χ0) is 14.0. The molecule has 1 heterocycles. The lowest BCUT2D eigenvalue weighted by atomic mass is 9.99. The van der Waals surface area contributed by atoms with Gasteiger partial charge >= 0.3 is 0 Å². The first-order valence-corrected chi connectivity index (χ1v) is 6.08. The van der Waals surface area contributed by atoms with Crippen LogP contribution in [0.1, 0.15) is 16.8 Å². The highest BCUT2D eigenvalue weighted by atomic mass is 35.5. The van der Waals surface area contributed by atoms with Gasteiger partial charge in [-0.25, -0.2) is 0 Å². The van der Waals surface area contributed by atoms with Crippen LogP contribution in [0.15, 0.2) is 18.2 Å². The van der Waals surface area contributed by atoms with E-state index < -0.39 is 17.4 Å². The van der Waals surface area contributed by atoms with E-state index in [-0.39, 0.29) is 12.2 Å². The minimum atomic E-state index is -1.06. The number of amides is 2. The monoisotopic (exact) mass is 283 g/mol. The Labute approximate surface area is 115 Å². The van der Waals surface area contributed by atoms with E-state index in [1.807, 2.05) is 0 Å². The third kappa shape index (κ3) is 2.86. The summed E-state index contributed by atoms with van der Waals surface area (Å²) in [5.41, 5.74) is 10.6. The molecule has 0 aliphatic carbocycles. The number of carbonyl (C=O) groups is 2. The molecule has 0 aromatic heterocycles. The molecule has 1 aromatic rings. The van der Waals surface area contributed by atoms with Gasteiger partial charge in [0, 0.05) is 12.2 Å². The van der Waals surface area contributed by atoms with Crippen LogP contribution >= 0.6 is 11.6 Å². The van der Waals surface area contributed by atoms with Crippen LogP contribution in [0, 0.1) is 0 Å². The zero-order valence-corrected chi connectivity index (χ0v) is 10.9. The van der Waals surface area contributed by atoms with Gasteiger partial charge < -0.3 is 21.5 Å². The third-order valence-electron chi connectivity index (χ3n) is 3.00. The number of primary amides is 1. The largest absolute Gasteiger partial charge is 0.379 e. The van der Waals surface area contributed by atoms with Gasteiger partial charge in [-0.05, 0) is 24.6 Å². The number of benzene rings is 1. The maximum Gasteiger partial charge on any atom is 0.248 e. The Balaban J connectivity index is 2.20. The number of anilines is 1. The maximum absolute atomic E-state index is 12.1. The number of nitrogens with one attached hydrogen (secondary N) is 1. The molecule has 0 radical (unpaired) electrons. The summed E-state index contributed by atoms with van der Waals surface area (Å²) in [6.45, 7) is 0.602. The van der Waals surface area contributed by atoms with Crippen LogP contribution in [0.2, 0.25) is 5.02 Å². The molecular formula is C12H14ClN3O3. The van der Waals surface area contributed by atoms with Crippen LogP contribution in [0.25, 0.3) is 0 Å². The normalized spacial score (nSPS) is 22.2. The Morgan fingerprint density at radius 1 is 1.42 bits per heavy atom. The maximum atomic E-state index is 12.1. The fourth-order valence-electron chi connectivity index (χ4n) is 1.78. The van der Waals surface area contributed by atoms with Gasteiger partial charge in [-0.2, -0.15) is 0 Å². The number of nitrogens with two attached hydrogens (primary N) is 2. The number of hydrogen-bond acceptors (Lipinski definition) is 4. The fourth-order valence-corrected chi connectivity index (χ4v) is 1.95. The van der Waals surface area contributed by atoms with Crippen LogP contribution in [0.5, 0.6) is 0 Å². The van der Waals surface area contributed by atoms with Crippen molar-refractivity contribution in [1.82, 2.24) is 0 Å². The average Bonchev–Trinajstić information content (AvgIpc) is 2.80. The van der Waals surface area contributed by atoms with E-state index in [1.54, 1.807) is 0 Å². The topological polar surface area (TPSA) is 107 Å². The van der Waals surface area contributed by atoms with E-state index in [9.17, 15) is 9.59 Å². The summed E-state index contributed by atoms with van der Waals surface area (Å²) in [6, 6.07) is 4.39. The molecule has 102 valence electrons. The van der Waals surface area contributed by atoms with Crippen molar-refractivity contribution in [3.05, 3.63) is 28.8 Å². The highest BCUT2D eigenvalue weighted by Crippen LogP contribution is 2.25. The standard InChI is InChI=1S/C12H14ClN3O3/c13-8-2-1-7(10(14)17)5-9(8)16-11(18)12(15)3-4-19-6-12/h1-2,5H,3-4,6,15H2,(H2,14,17)(H,16,18). The molecule has 0 saturated carbocycles. The molecule has 19 heavy (non-hydrogen) atoms. The summed E-state index contributed by atoms with van der Waals surface area (Å²) in [7, 11) is 0. The number of rotatable bonds is 3. The van der Waals surface area contributed by atoms with Gasteiger partial charge in [-0.3, -0.25) is 9.59 Å². The average molecular weight is 284 g/mol. The first kappa shape index (κ1) is 13.8. The zero-order valence-electron chi connectivity index (χ0n) is 10.1. The van der Waals surface area contributed by atoms with E-state index in [4.69, 9.17) is 27.8 Å². The summed E-state index contributed by atoms with van der Waals surface area (Å²) in [4.78, 5) is 23.2. The van der Waals surface area contributed by atoms with Crippen LogP contribution in [-0.2, 0) is 9.53 Å². The van der Waals surface area contributed by atoms with Crippen molar-refractivity contribution < 1.29 is 14.3 Å². The molecule has 1 aliphatic rings. The summed E-state index contributed by atoms with van der Waals surface area (Å²) >= 11 is 5.96. The molecule has 0 spiro atoms. The Kier molecular flexibility index (Phi) is 3.75. The molecule has 5 N–H and O–H groups in total. The van der Waals surface area contributed by atoms with Gasteiger partial charge in [-0.1, -0.05) is 11.6 Å². The van der Waals surface area contributed by atoms with E-state index in [2.05, 4.69) is 5.32 Å². The van der Waals surface area contributed by atoms with Crippen LogP contribution in [0.3, 0.4) is 0 Å². The summed E-state index contributed by atoms with van der Waals surface area (Å²) < 4.78 is 5.12. The molecule has 6 nitrogen and oxygen atoms in total. The molecule has 7 heteroatoms. The van der Waals surface area contributed by atoms with Crippen molar-refractivity contribution in [2.45, 2.75) is 12.0 Å². The Morgan fingerprint density at radius 2 is 2.16 bits per heavy atom. The van der Waals surface area contributed by atoms with Crippen LogP contribution in [0.4, 0.5) is 5.69 Å². The summed E-state index contributed by atoms with van der Waals surface area (Å²) in [6.07, 6.45) is 0.436. The number of ether oxygens (including phenoxy) is 1. The third-order valence-corrected chi connectivity index (χ3v) is 3.33. The second-order valence-corrected chi connectivity index (χ2v) is 4.88. The van der Waals surface area contributed by atoms with Gasteiger partial charge in [0.05, 0.1) is 17.3 Å². The van der Waals surface area contributed by atoms with Crippen molar-refractivity contribution in [2.75, 3.05) is 18.5 Å². The van der Waals surface area contributed by atoms with Gasteiger partial charge in [0.1, 0.15) is 5.54 Å². The van der Waals surface area contributed by atoms with Gasteiger partial charge in [-0.15, -0.1) is 0 Å². The quantitative estimate of drug-likeness (QED) is 0.750. The Morgan fingerprint density at radius 3 is 2.74 bits per heavy atom. The van der Waals surface area contributed by atoms with Crippen LogP contribution < -0.4 is 16.8 Å². The van der Waals surface area contributed by atoms with Crippen molar-refractivity contribution in [1.29, 1.82) is 0 Å². The lowest BCUT2D eigenvalue weighted by Gasteiger charge is -2.21. The van der Waals surface area contributed by atoms with Crippen molar-refractivity contribution in [3.63, 3.8) is 0 Å². The summed E-state index contributed by atoms with van der Waals surface area (Å²) in [5, 5.41) is 2.91. The second kappa shape index (κ2) is 5.16. The van der Waals surface area contributed by atoms with E-state index in [1.165, 1.54) is 18.2 Å². The molecule has 1 atom stereocenters. The molecule has 1 aliphatic heterocycles. The molecule has 1 unspecified atom stereocenters. The number of carbonyl (C=O) groups excluding carboxylic acids is 2. The van der Waals surface area contributed by atoms with Gasteiger partial charge in [0.15, 0.2) is 0 Å². The highest BCUT2D eigenvalue weighted by Gasteiger charge is 2.38. The summed E-state index contributed by atoms with van der Waals surface area (Å²) in [5.74, 6) is -0.993. The van der Waals surface area contributed by atoms with E-state index in [0.29, 0.717) is 23.7 Å². The molecular weight excluding hydrogens is 270 g/mol. The molecule has 1 saturated heterocycles. The molecule has 2 rings (SSSR count). The van der Waals surface area contributed by atoms with E-state index in [0.717, 1.165) is 0 Å². The Bertz CT molecular complexity index is 527. The molecule has 0 bridgehead atoms. The molecule has 2 amide bonds.